The van der Waals surface area contributed by atoms with Crippen molar-refractivity contribution in [1.82, 2.24) is 15.6 Å². The Morgan fingerprint density at radius 1 is 1.36 bits per heavy atom. The number of thiophene rings is 1. The molecule has 0 aromatic carbocycles. The Balaban J connectivity index is 1.65. The number of aryl methyl sites for hydroxylation is 2. The van der Waals surface area contributed by atoms with E-state index in [2.05, 4.69) is 49.7 Å². The van der Waals surface area contributed by atoms with Gasteiger partial charge in [0.05, 0.1) is 5.01 Å². The number of hydrogen-bond donors (Lipinski definition) is 2. The molecule has 1 unspecified atom stereocenters. The summed E-state index contributed by atoms with van der Waals surface area (Å²) in [7, 11) is 1.81. The van der Waals surface area contributed by atoms with E-state index in [1.807, 2.05) is 14.0 Å². The predicted molar refractivity (Wildman–Crippen MR) is 97.3 cm³/mol. The molecular weight excluding hydrogens is 312 g/mol. The number of rotatable bonds is 7. The Morgan fingerprint density at radius 3 is 2.86 bits per heavy atom. The summed E-state index contributed by atoms with van der Waals surface area (Å²) in [5.74, 6) is 1.36. The van der Waals surface area contributed by atoms with Gasteiger partial charge in [-0.05, 0) is 41.7 Å². The minimum Gasteiger partial charge on any atom is -0.356 e. The van der Waals surface area contributed by atoms with Gasteiger partial charge in [-0.3, -0.25) is 4.99 Å². The third kappa shape index (κ3) is 5.42. The maximum Gasteiger partial charge on any atom is 0.190 e. The molecule has 2 aromatic heterocycles. The van der Waals surface area contributed by atoms with Crippen molar-refractivity contribution in [3.8, 4) is 0 Å². The van der Waals surface area contributed by atoms with Crippen molar-refractivity contribution in [3.63, 3.8) is 0 Å². The van der Waals surface area contributed by atoms with Gasteiger partial charge in [0, 0.05) is 37.6 Å². The van der Waals surface area contributed by atoms with Crippen molar-refractivity contribution in [3.05, 3.63) is 38.5 Å². The molecule has 22 heavy (non-hydrogen) atoms. The lowest BCUT2D eigenvalue weighted by Gasteiger charge is -2.15. The highest BCUT2D eigenvalue weighted by atomic mass is 32.1. The maximum absolute atomic E-state index is 4.48. The lowest BCUT2D eigenvalue weighted by molar-refractivity contribution is 0.689. The Labute approximate surface area is 140 Å². The van der Waals surface area contributed by atoms with Crippen LogP contribution in [0, 0.1) is 6.92 Å². The highest BCUT2D eigenvalue weighted by Gasteiger charge is 2.07. The minimum atomic E-state index is 0.489. The first-order valence-corrected chi connectivity index (χ1v) is 9.39. The zero-order valence-corrected chi connectivity index (χ0v) is 15.1. The van der Waals surface area contributed by atoms with Crippen LogP contribution in [0.5, 0.6) is 0 Å². The van der Waals surface area contributed by atoms with Crippen LogP contribution in [0.2, 0.25) is 0 Å². The lowest BCUT2D eigenvalue weighted by atomic mass is 10.1. The molecule has 2 heterocycles. The summed E-state index contributed by atoms with van der Waals surface area (Å²) < 4.78 is 0. The Morgan fingerprint density at radius 2 is 2.23 bits per heavy atom. The fourth-order valence-corrected chi connectivity index (χ4v) is 3.71. The number of aliphatic imine (C=N–C) groups is 1. The van der Waals surface area contributed by atoms with E-state index in [1.165, 1.54) is 10.6 Å². The largest absolute Gasteiger partial charge is 0.356 e. The summed E-state index contributed by atoms with van der Waals surface area (Å²) in [6.07, 6.45) is 2.08. The molecule has 2 N–H and O–H groups in total. The SMILES string of the molecule is CN=C(NCCCc1nc(C)cs1)NCC(C)c1ccsc1. The van der Waals surface area contributed by atoms with E-state index in [-0.39, 0.29) is 0 Å². The van der Waals surface area contributed by atoms with E-state index < -0.39 is 0 Å². The van der Waals surface area contributed by atoms with Crippen molar-refractivity contribution >= 4 is 28.6 Å². The van der Waals surface area contributed by atoms with E-state index in [0.717, 1.165) is 37.6 Å². The van der Waals surface area contributed by atoms with Crippen molar-refractivity contribution in [2.24, 2.45) is 4.99 Å². The highest BCUT2D eigenvalue weighted by Crippen LogP contribution is 2.17. The van der Waals surface area contributed by atoms with Gasteiger partial charge in [-0.2, -0.15) is 11.3 Å². The highest BCUT2D eigenvalue weighted by molar-refractivity contribution is 7.09. The summed E-state index contributed by atoms with van der Waals surface area (Å²) in [4.78, 5) is 8.76. The molecule has 2 aromatic rings. The second-order valence-corrected chi connectivity index (χ2v) is 7.05. The van der Waals surface area contributed by atoms with Crippen LogP contribution >= 0.6 is 22.7 Å². The van der Waals surface area contributed by atoms with Gasteiger partial charge in [0.25, 0.3) is 0 Å². The molecule has 6 heteroatoms. The molecule has 0 bridgehead atoms. The Kier molecular flexibility index (Phi) is 6.86. The monoisotopic (exact) mass is 336 g/mol. The smallest absolute Gasteiger partial charge is 0.190 e. The summed E-state index contributed by atoms with van der Waals surface area (Å²) in [6, 6.07) is 2.18. The molecule has 0 fully saturated rings. The van der Waals surface area contributed by atoms with Crippen LogP contribution in [0.25, 0.3) is 0 Å². The van der Waals surface area contributed by atoms with Crippen LogP contribution in [-0.4, -0.2) is 31.1 Å². The second-order valence-electron chi connectivity index (χ2n) is 5.32. The van der Waals surface area contributed by atoms with E-state index in [4.69, 9.17) is 0 Å². The van der Waals surface area contributed by atoms with Crippen molar-refractivity contribution in [2.45, 2.75) is 32.6 Å². The van der Waals surface area contributed by atoms with Gasteiger partial charge >= 0.3 is 0 Å². The Bertz CT molecular complexity index is 575. The number of thiazole rings is 1. The number of guanidine groups is 1. The van der Waals surface area contributed by atoms with Crippen LogP contribution in [-0.2, 0) is 6.42 Å². The molecule has 0 saturated carbocycles. The summed E-state index contributed by atoms with van der Waals surface area (Å²) in [5, 5.41) is 14.4. The molecule has 0 radical (unpaired) electrons. The number of aromatic nitrogens is 1. The van der Waals surface area contributed by atoms with E-state index >= 15 is 0 Å². The third-order valence-corrected chi connectivity index (χ3v) is 5.17. The topological polar surface area (TPSA) is 49.3 Å². The minimum absolute atomic E-state index is 0.489. The van der Waals surface area contributed by atoms with E-state index in [9.17, 15) is 0 Å². The Hall–Kier alpha value is -1.40. The van der Waals surface area contributed by atoms with Crippen LogP contribution in [0.3, 0.4) is 0 Å². The number of nitrogens with one attached hydrogen (secondary N) is 2. The summed E-state index contributed by atoms with van der Waals surface area (Å²) in [5.41, 5.74) is 2.50. The van der Waals surface area contributed by atoms with Gasteiger partial charge in [-0.25, -0.2) is 4.98 Å². The first-order valence-electron chi connectivity index (χ1n) is 7.56. The summed E-state index contributed by atoms with van der Waals surface area (Å²) in [6.45, 7) is 6.07. The molecule has 120 valence electrons. The molecule has 1 atom stereocenters. The fraction of sp³-hybridized carbons (Fsp3) is 0.500. The van der Waals surface area contributed by atoms with Crippen molar-refractivity contribution < 1.29 is 0 Å². The van der Waals surface area contributed by atoms with Gasteiger partial charge in [0.2, 0.25) is 0 Å². The quantitative estimate of drug-likeness (QED) is 0.463. The molecule has 0 saturated heterocycles. The van der Waals surface area contributed by atoms with Crippen LogP contribution in [0.4, 0.5) is 0 Å². The average molecular weight is 337 g/mol. The normalized spacial score (nSPS) is 13.1. The van der Waals surface area contributed by atoms with Crippen LogP contribution in [0.1, 0.15) is 35.5 Å². The summed E-state index contributed by atoms with van der Waals surface area (Å²) >= 11 is 3.49. The molecule has 0 aliphatic carbocycles. The fourth-order valence-electron chi connectivity index (χ4n) is 2.11. The molecule has 4 nitrogen and oxygen atoms in total. The zero-order chi connectivity index (χ0) is 15.8. The van der Waals surface area contributed by atoms with Crippen LogP contribution < -0.4 is 10.6 Å². The molecular formula is C16H24N4S2. The van der Waals surface area contributed by atoms with Crippen molar-refractivity contribution in [2.75, 3.05) is 20.1 Å². The zero-order valence-electron chi connectivity index (χ0n) is 13.4. The van der Waals surface area contributed by atoms with Gasteiger partial charge < -0.3 is 10.6 Å². The van der Waals surface area contributed by atoms with Gasteiger partial charge in [0.15, 0.2) is 5.96 Å². The first kappa shape index (κ1) is 17.0. The number of hydrogen-bond acceptors (Lipinski definition) is 4. The van der Waals surface area contributed by atoms with Gasteiger partial charge in [-0.15, -0.1) is 11.3 Å². The molecule has 0 amide bonds. The second kappa shape index (κ2) is 8.90. The molecule has 0 aliphatic rings. The average Bonchev–Trinajstić information content (AvgIpc) is 3.18. The van der Waals surface area contributed by atoms with Crippen molar-refractivity contribution in [1.29, 1.82) is 0 Å². The predicted octanol–water partition coefficient (Wildman–Crippen LogP) is 3.41. The molecule has 0 spiro atoms. The maximum atomic E-state index is 4.48. The third-order valence-electron chi connectivity index (χ3n) is 3.44. The molecule has 0 aliphatic heterocycles. The van der Waals surface area contributed by atoms with Crippen LogP contribution in [0.15, 0.2) is 27.2 Å². The van der Waals surface area contributed by atoms with Gasteiger partial charge in [0.1, 0.15) is 0 Å². The lowest BCUT2D eigenvalue weighted by Crippen LogP contribution is -2.39. The number of nitrogens with zero attached hydrogens (tertiary/aromatic N) is 2. The standard InChI is InChI=1S/C16H24N4S2/c1-12(14-6-8-21-11-14)9-19-16(17-3)18-7-4-5-15-20-13(2)10-22-15/h6,8,10-12H,4-5,7,9H2,1-3H3,(H2,17,18,19). The first-order chi connectivity index (χ1) is 10.7. The van der Waals surface area contributed by atoms with Gasteiger partial charge in [-0.1, -0.05) is 6.92 Å². The van der Waals surface area contributed by atoms with E-state index in [0.29, 0.717) is 5.92 Å². The van der Waals surface area contributed by atoms with E-state index in [1.54, 1.807) is 22.7 Å². The molecule has 2 rings (SSSR count).